The average molecular weight is 463 g/mol. The minimum atomic E-state index is 0.117. The van der Waals surface area contributed by atoms with E-state index in [4.69, 9.17) is 16.9 Å². The predicted molar refractivity (Wildman–Crippen MR) is 138 cm³/mol. The van der Waals surface area contributed by atoms with E-state index in [1.54, 1.807) is 25.4 Å². The number of likely N-dealkylation sites (tertiary alicyclic amines) is 1. The zero-order valence-electron chi connectivity index (χ0n) is 20.0. The molecule has 9 nitrogen and oxygen atoms in total. The summed E-state index contributed by atoms with van der Waals surface area (Å²) >= 11 is 0. The second-order valence-corrected chi connectivity index (χ2v) is 8.70. The van der Waals surface area contributed by atoms with Crippen LogP contribution in [-0.2, 0) is 4.79 Å². The molecule has 1 amide bonds. The molecular weight excluding hydrogens is 428 g/mol. The molecule has 1 fully saturated rings. The van der Waals surface area contributed by atoms with Crippen molar-refractivity contribution in [3.8, 4) is 0 Å². The Morgan fingerprint density at radius 3 is 2.62 bits per heavy atom. The number of piperidine rings is 1. The maximum absolute atomic E-state index is 11.5. The highest BCUT2D eigenvalue weighted by Gasteiger charge is 2.19. The van der Waals surface area contributed by atoms with Gasteiger partial charge in [-0.05, 0) is 54.8 Å². The summed E-state index contributed by atoms with van der Waals surface area (Å²) in [7, 11) is 0. The highest BCUT2D eigenvalue weighted by atomic mass is 16.2. The molecule has 1 saturated heterocycles. The molecule has 180 valence electrons. The number of hydrogen-bond donors (Lipinski definition) is 5. The summed E-state index contributed by atoms with van der Waals surface area (Å²) < 4.78 is 0. The SMILES string of the molecule is CC(=O)N1CCC(N/C=C(\C=N)c2cnc3ccc(N/C(N)=C/C(=C\N)C(C)C)nc3c2)CC1. The van der Waals surface area contributed by atoms with Gasteiger partial charge in [0, 0.05) is 55.8 Å². The molecule has 0 aromatic carbocycles. The highest BCUT2D eigenvalue weighted by molar-refractivity contribution is 6.08. The van der Waals surface area contributed by atoms with Crippen LogP contribution in [0.15, 0.2) is 54.3 Å². The minimum absolute atomic E-state index is 0.117. The molecule has 0 bridgehead atoms. The molecule has 0 spiro atoms. The Morgan fingerprint density at radius 2 is 2.00 bits per heavy atom. The van der Waals surface area contributed by atoms with Gasteiger partial charge >= 0.3 is 0 Å². The van der Waals surface area contributed by atoms with Crippen molar-refractivity contribution < 1.29 is 4.79 Å². The van der Waals surface area contributed by atoms with E-state index in [9.17, 15) is 4.79 Å². The summed E-state index contributed by atoms with van der Waals surface area (Å²) in [5.41, 5.74) is 15.7. The van der Waals surface area contributed by atoms with Crippen molar-refractivity contribution in [2.45, 2.75) is 39.7 Å². The maximum Gasteiger partial charge on any atom is 0.219 e. The van der Waals surface area contributed by atoms with Gasteiger partial charge in [-0.1, -0.05) is 13.8 Å². The number of nitrogens with two attached hydrogens (primary N) is 2. The summed E-state index contributed by atoms with van der Waals surface area (Å²) in [6.07, 6.45) is 9.99. The molecule has 0 saturated carbocycles. The lowest BCUT2D eigenvalue weighted by Crippen LogP contribution is -2.42. The Kier molecular flexibility index (Phi) is 8.24. The first-order valence-electron chi connectivity index (χ1n) is 11.5. The normalized spacial score (nSPS) is 16.1. The topological polar surface area (TPSA) is 146 Å². The number of pyridine rings is 2. The van der Waals surface area contributed by atoms with Gasteiger partial charge in [-0.2, -0.15) is 0 Å². The lowest BCUT2D eigenvalue weighted by molar-refractivity contribution is -0.129. The van der Waals surface area contributed by atoms with Crippen LogP contribution >= 0.6 is 0 Å². The molecule has 3 rings (SSSR count). The fourth-order valence-electron chi connectivity index (χ4n) is 3.78. The molecule has 9 heteroatoms. The first-order valence-corrected chi connectivity index (χ1v) is 11.5. The Balaban J connectivity index is 1.75. The number of rotatable bonds is 8. The van der Waals surface area contributed by atoms with E-state index in [-0.39, 0.29) is 17.9 Å². The number of amides is 1. The quantitative estimate of drug-likeness (QED) is 0.299. The number of hydrogen-bond acceptors (Lipinski definition) is 8. The smallest absolute Gasteiger partial charge is 0.219 e. The van der Waals surface area contributed by atoms with Crippen LogP contribution in [-0.4, -0.2) is 46.1 Å². The molecule has 0 unspecified atom stereocenters. The van der Waals surface area contributed by atoms with Gasteiger partial charge in [0.25, 0.3) is 0 Å². The van der Waals surface area contributed by atoms with Crippen molar-refractivity contribution in [2.75, 3.05) is 18.4 Å². The summed E-state index contributed by atoms with van der Waals surface area (Å²) in [4.78, 5) is 22.5. The number of nitrogens with one attached hydrogen (secondary N) is 3. The van der Waals surface area contributed by atoms with E-state index >= 15 is 0 Å². The van der Waals surface area contributed by atoms with Crippen LogP contribution in [0, 0.1) is 11.3 Å². The number of allylic oxidation sites excluding steroid dienone is 3. The van der Waals surface area contributed by atoms with Crippen LogP contribution in [0.25, 0.3) is 16.6 Å². The Labute approximate surface area is 200 Å². The van der Waals surface area contributed by atoms with Crippen LogP contribution < -0.4 is 22.1 Å². The maximum atomic E-state index is 11.5. The second-order valence-electron chi connectivity index (χ2n) is 8.70. The standard InChI is InChI=1S/C25H34N8O/c1-16(2)18(12-26)11-24(28)32-25-5-4-22-23(31-25)10-19(14-30-22)20(13-27)15-29-21-6-8-33(9-7-21)17(3)34/h4-5,10-16,21,27,29H,6-9,26,28H2,1-3H3,(H,31,32)/b18-12+,20-15+,24-11+,27-13?. The van der Waals surface area contributed by atoms with Crippen molar-refractivity contribution in [3.63, 3.8) is 0 Å². The summed E-state index contributed by atoms with van der Waals surface area (Å²) in [5, 5.41) is 14.4. The van der Waals surface area contributed by atoms with E-state index in [1.165, 1.54) is 6.21 Å². The van der Waals surface area contributed by atoms with E-state index in [0.29, 0.717) is 22.7 Å². The Morgan fingerprint density at radius 1 is 1.26 bits per heavy atom. The molecule has 1 aliphatic rings. The van der Waals surface area contributed by atoms with Crippen LogP contribution in [0.3, 0.4) is 0 Å². The number of anilines is 1. The molecule has 1 aliphatic heterocycles. The number of carbonyl (C=O) groups is 1. The summed E-state index contributed by atoms with van der Waals surface area (Å²) in [6.45, 7) is 7.18. The van der Waals surface area contributed by atoms with Crippen molar-refractivity contribution >= 4 is 34.5 Å². The average Bonchev–Trinajstić information content (AvgIpc) is 2.82. The zero-order chi connectivity index (χ0) is 24.7. The summed E-state index contributed by atoms with van der Waals surface area (Å²) in [5.74, 6) is 1.41. The van der Waals surface area contributed by atoms with Crippen LogP contribution in [0.2, 0.25) is 0 Å². The zero-order valence-corrected chi connectivity index (χ0v) is 20.0. The largest absolute Gasteiger partial charge is 0.404 e. The van der Waals surface area contributed by atoms with Crippen LogP contribution in [0.5, 0.6) is 0 Å². The predicted octanol–water partition coefficient (Wildman–Crippen LogP) is 2.93. The molecule has 34 heavy (non-hydrogen) atoms. The number of nitrogens with zero attached hydrogens (tertiary/aromatic N) is 3. The Bertz CT molecular complexity index is 1130. The third-order valence-electron chi connectivity index (χ3n) is 5.89. The molecular formula is C25H34N8O. The van der Waals surface area contributed by atoms with Gasteiger partial charge in [-0.15, -0.1) is 0 Å². The number of carbonyl (C=O) groups excluding carboxylic acids is 1. The van der Waals surface area contributed by atoms with Gasteiger partial charge < -0.3 is 32.4 Å². The first kappa shape index (κ1) is 24.8. The molecule has 0 aliphatic carbocycles. The molecule has 0 atom stereocenters. The molecule has 7 N–H and O–H groups in total. The van der Waals surface area contributed by atoms with E-state index in [2.05, 4.69) is 20.6 Å². The van der Waals surface area contributed by atoms with Crippen LogP contribution in [0.1, 0.15) is 39.2 Å². The van der Waals surface area contributed by atoms with Gasteiger partial charge in [0.05, 0.1) is 11.0 Å². The van der Waals surface area contributed by atoms with Crippen molar-refractivity contribution in [2.24, 2.45) is 17.4 Å². The van der Waals surface area contributed by atoms with Gasteiger partial charge in [0.15, 0.2) is 0 Å². The lowest BCUT2D eigenvalue weighted by atomic mass is 10.0. The lowest BCUT2D eigenvalue weighted by Gasteiger charge is -2.31. The van der Waals surface area contributed by atoms with E-state index < -0.39 is 0 Å². The molecule has 2 aromatic rings. The van der Waals surface area contributed by atoms with E-state index in [0.717, 1.165) is 42.6 Å². The van der Waals surface area contributed by atoms with Crippen LogP contribution in [0.4, 0.5) is 5.82 Å². The van der Waals surface area contributed by atoms with Gasteiger partial charge in [-0.3, -0.25) is 9.78 Å². The number of aromatic nitrogens is 2. The minimum Gasteiger partial charge on any atom is -0.404 e. The van der Waals surface area contributed by atoms with Gasteiger partial charge in [-0.25, -0.2) is 4.98 Å². The van der Waals surface area contributed by atoms with Crippen molar-refractivity contribution in [3.05, 3.63) is 59.8 Å². The second kappa shape index (κ2) is 11.3. The third-order valence-corrected chi connectivity index (χ3v) is 5.89. The summed E-state index contributed by atoms with van der Waals surface area (Å²) in [6, 6.07) is 5.86. The highest BCUT2D eigenvalue weighted by Crippen LogP contribution is 2.20. The monoisotopic (exact) mass is 462 g/mol. The van der Waals surface area contributed by atoms with E-state index in [1.807, 2.05) is 43.1 Å². The van der Waals surface area contributed by atoms with Gasteiger partial charge in [0.2, 0.25) is 5.91 Å². The number of fused-ring (bicyclic) bond motifs is 1. The Hall–Kier alpha value is -3.88. The third kappa shape index (κ3) is 6.34. The fourth-order valence-corrected chi connectivity index (χ4v) is 3.78. The van der Waals surface area contributed by atoms with Gasteiger partial charge in [0.1, 0.15) is 11.6 Å². The molecule has 2 aromatic heterocycles. The van der Waals surface area contributed by atoms with Crippen molar-refractivity contribution in [1.82, 2.24) is 20.2 Å². The molecule has 3 heterocycles. The molecule has 0 radical (unpaired) electrons. The van der Waals surface area contributed by atoms with Crippen molar-refractivity contribution in [1.29, 1.82) is 5.41 Å². The first-order chi connectivity index (χ1) is 16.3. The fraction of sp³-hybridized carbons (Fsp3) is 0.360.